The van der Waals surface area contributed by atoms with Gasteiger partial charge in [0.05, 0.1) is 53.9 Å². The Morgan fingerprint density at radius 3 is 1.07 bits per heavy atom. The molecule has 0 fully saturated rings. The Balaban J connectivity index is 0.574. The lowest BCUT2D eigenvalue weighted by molar-refractivity contribution is 0.953. The van der Waals surface area contributed by atoms with E-state index < -0.39 is 0 Å². The van der Waals surface area contributed by atoms with Gasteiger partial charge in [0.15, 0.2) is 34.9 Å². The van der Waals surface area contributed by atoms with E-state index in [1.807, 2.05) is 18.2 Å². The Kier molecular flexibility index (Phi) is 14.5. The van der Waals surface area contributed by atoms with Gasteiger partial charge in [-0.25, -0.2) is 29.9 Å². The summed E-state index contributed by atoms with van der Waals surface area (Å²) in [5.74, 6) is 4.79. The van der Waals surface area contributed by atoms with Gasteiger partial charge in [-0.1, -0.05) is 243 Å². The van der Waals surface area contributed by atoms with E-state index in [0.717, 1.165) is 187 Å². The molecule has 530 valence electrons. The van der Waals surface area contributed by atoms with Gasteiger partial charge in [0.25, 0.3) is 0 Å². The van der Waals surface area contributed by atoms with Gasteiger partial charge >= 0.3 is 0 Å². The number of thiophene rings is 4. The quantitative estimate of drug-likeness (QED) is 0.123. The summed E-state index contributed by atoms with van der Waals surface area (Å²) in [5, 5.41) is 11.3. The van der Waals surface area contributed by atoms with Gasteiger partial charge in [-0.05, 0) is 96.1 Å². The number of fused-ring (bicyclic) bond motifs is 18. The molecular formula is C98H54N12S4. The van der Waals surface area contributed by atoms with Crippen molar-refractivity contribution in [1.82, 2.24) is 59.0 Å². The Labute approximate surface area is 665 Å². The number of hydrogen-bond acceptors (Lipinski definition) is 14. The first-order valence-electron chi connectivity index (χ1n) is 37.6. The van der Waals surface area contributed by atoms with Crippen LogP contribution in [0, 0.1) is 0 Å². The molecule has 10 aromatic heterocycles. The first-order chi connectivity index (χ1) is 56.4. The second-order valence-electron chi connectivity index (χ2n) is 28.6. The van der Waals surface area contributed by atoms with Crippen LogP contribution < -0.4 is 0 Å². The number of hydrogen-bond donors (Lipinski definition) is 0. The van der Waals surface area contributed by atoms with E-state index in [2.05, 4.69) is 319 Å². The highest BCUT2D eigenvalue weighted by atomic mass is 32.1. The predicted molar refractivity (Wildman–Crippen MR) is 474 cm³/mol. The smallest absolute Gasteiger partial charge is 0.238 e. The van der Waals surface area contributed by atoms with Crippen molar-refractivity contribution in [2.45, 2.75) is 0 Å². The largest absolute Gasteiger partial charge is 0.278 e. The van der Waals surface area contributed by atoms with Gasteiger partial charge < -0.3 is 0 Å². The van der Waals surface area contributed by atoms with Crippen LogP contribution in [0.3, 0.4) is 0 Å². The highest BCUT2D eigenvalue weighted by molar-refractivity contribution is 7.27. The molecule has 0 amide bonds. The highest BCUT2D eigenvalue weighted by Gasteiger charge is 2.25. The summed E-state index contributed by atoms with van der Waals surface area (Å²) in [6, 6.07) is 115. The fourth-order valence-corrected chi connectivity index (χ4v) is 21.2. The Hall–Kier alpha value is -14.3. The maximum absolute atomic E-state index is 5.51. The summed E-state index contributed by atoms with van der Waals surface area (Å²) in [4.78, 5) is 53.6. The first kappa shape index (κ1) is 64.5. The van der Waals surface area contributed by atoms with Crippen LogP contribution in [0.2, 0.25) is 0 Å². The number of benzene rings is 14. The van der Waals surface area contributed by atoms with E-state index in [4.69, 9.17) is 49.8 Å². The van der Waals surface area contributed by atoms with Crippen LogP contribution in [0.4, 0.5) is 0 Å². The minimum Gasteiger partial charge on any atom is -0.278 e. The molecule has 0 radical (unpaired) electrons. The van der Waals surface area contributed by atoms with Crippen LogP contribution in [-0.2, 0) is 0 Å². The molecule has 0 saturated heterocycles. The zero-order chi connectivity index (χ0) is 74.6. The van der Waals surface area contributed by atoms with E-state index in [9.17, 15) is 0 Å². The molecular weight excluding hydrogens is 1470 g/mol. The third-order valence-electron chi connectivity index (χ3n) is 21.9. The second-order valence-corrected chi connectivity index (χ2v) is 32.8. The van der Waals surface area contributed by atoms with Crippen LogP contribution in [0.1, 0.15) is 0 Å². The lowest BCUT2D eigenvalue weighted by atomic mass is 10.0. The fraction of sp³-hybridized carbons (Fsp3) is 0. The van der Waals surface area contributed by atoms with Gasteiger partial charge in [0, 0.05) is 127 Å². The molecule has 0 bridgehead atoms. The summed E-state index contributed by atoms with van der Waals surface area (Å²) in [7, 11) is 0. The van der Waals surface area contributed by atoms with Crippen molar-refractivity contribution >= 4 is 170 Å². The molecule has 0 aliphatic rings. The van der Waals surface area contributed by atoms with E-state index in [1.165, 1.54) is 4.70 Å². The average Bonchev–Trinajstić information content (AvgIpc) is 1.59. The van der Waals surface area contributed by atoms with Gasteiger partial charge in [-0.15, -0.1) is 45.3 Å². The summed E-state index contributed by atoms with van der Waals surface area (Å²) in [6.45, 7) is 0. The van der Waals surface area contributed by atoms with Gasteiger partial charge in [0.1, 0.15) is 0 Å². The third kappa shape index (κ3) is 10.4. The van der Waals surface area contributed by atoms with Crippen molar-refractivity contribution in [3.63, 3.8) is 0 Å². The van der Waals surface area contributed by atoms with E-state index >= 15 is 0 Å². The van der Waals surface area contributed by atoms with Crippen molar-refractivity contribution < 1.29 is 0 Å². The molecule has 24 aromatic rings. The molecule has 24 rings (SSSR count). The lowest BCUT2D eigenvalue weighted by Crippen LogP contribution is -2.06. The molecule has 0 unspecified atom stereocenters. The standard InChI is InChI=1S/C98H54N12S4/c1-3-20-57(21-4-1)84-89-87(71-29-12-18-37-80(71)113-89)102-96(100-84)72-31-19-30-69-74-53-62(48-51-82(74)112-88(69)72)95-104-92(106-98(108-95)110-77-34-15-9-26-66(77)67-27-10-16-35-78(67)110)60-44-40-56(41-45-60)55-38-42-58(43-39-55)85-90-86(70-28-11-17-36-79(70)114-90)101-93(99-85)63-46-49-68-73-52-61(47-50-81(73)111-83(68)54-63)94-103-91(59-22-5-2-6-23-59)105-97(107-94)109-75-32-13-7-24-64(75)65-25-8-14-33-76(65)109/h1-54H. The molecule has 0 saturated carbocycles. The molecule has 0 atom stereocenters. The summed E-state index contributed by atoms with van der Waals surface area (Å²) < 4.78 is 13.4. The van der Waals surface area contributed by atoms with Gasteiger partial charge in [-0.3, -0.25) is 9.13 Å². The topological polar surface area (TPSA) is 139 Å². The SMILES string of the molecule is c1ccc(-c2nc(-c3ccc4sc5cc(-c6nc(-c7ccc(-c8ccc(-c9nc(-c%10ccc%11sc%12c(-c%13nc(-c%14ccccc%14)c%14sc%15ccccc%15c%14n%13)cccc%12c%11c%10)nc(-n%10c%11ccccc%11c%11ccccc%11%10)n9)cc8)cc7)c7sc8ccccc8c7n6)ccc5c4c3)nc(-n3c4ccccc4c4ccccc43)n2)cc1. The van der Waals surface area contributed by atoms with Crippen molar-refractivity contribution in [2.75, 3.05) is 0 Å². The van der Waals surface area contributed by atoms with Crippen molar-refractivity contribution in [3.8, 4) is 114 Å². The maximum atomic E-state index is 5.51. The zero-order valence-corrected chi connectivity index (χ0v) is 63.4. The monoisotopic (exact) mass is 1530 g/mol. The highest BCUT2D eigenvalue weighted by Crippen LogP contribution is 2.47. The number of para-hydroxylation sites is 4. The minimum absolute atomic E-state index is 0.532. The van der Waals surface area contributed by atoms with Crippen LogP contribution in [0.5, 0.6) is 0 Å². The summed E-state index contributed by atoms with van der Waals surface area (Å²) in [5.41, 5.74) is 17.5. The molecule has 114 heavy (non-hydrogen) atoms. The van der Waals surface area contributed by atoms with Crippen molar-refractivity contribution in [2.24, 2.45) is 0 Å². The second kappa shape index (κ2) is 25.7. The molecule has 14 aromatic carbocycles. The van der Waals surface area contributed by atoms with Gasteiger partial charge in [-0.2, -0.15) is 19.9 Å². The number of nitrogens with zero attached hydrogens (tertiary/aromatic N) is 12. The number of rotatable bonds is 11. The van der Waals surface area contributed by atoms with Crippen molar-refractivity contribution in [3.05, 3.63) is 328 Å². The summed E-state index contributed by atoms with van der Waals surface area (Å²) >= 11 is 7.00. The molecule has 10 heterocycles. The maximum Gasteiger partial charge on any atom is 0.238 e. The summed E-state index contributed by atoms with van der Waals surface area (Å²) in [6.07, 6.45) is 0. The van der Waals surface area contributed by atoms with Crippen LogP contribution in [0.25, 0.3) is 238 Å². The minimum atomic E-state index is 0.532. The molecule has 12 nitrogen and oxygen atoms in total. The third-order valence-corrected chi connectivity index (χ3v) is 26.6. The predicted octanol–water partition coefficient (Wildman–Crippen LogP) is 26.3. The normalized spacial score (nSPS) is 12.0. The molecule has 0 aliphatic carbocycles. The Bertz CT molecular complexity index is 8020. The Morgan fingerprint density at radius 1 is 0.184 bits per heavy atom. The number of aromatic nitrogens is 12. The Morgan fingerprint density at radius 2 is 0.535 bits per heavy atom. The molecule has 0 N–H and O–H groups in total. The van der Waals surface area contributed by atoms with Crippen LogP contribution in [-0.4, -0.2) is 59.0 Å². The molecule has 0 aliphatic heterocycles. The average molecular weight is 1530 g/mol. The van der Waals surface area contributed by atoms with Crippen LogP contribution in [0.15, 0.2) is 328 Å². The first-order valence-corrected chi connectivity index (χ1v) is 40.8. The van der Waals surface area contributed by atoms with E-state index in [0.29, 0.717) is 46.8 Å². The van der Waals surface area contributed by atoms with E-state index in [-0.39, 0.29) is 0 Å². The molecule has 0 spiro atoms. The van der Waals surface area contributed by atoms with E-state index in [1.54, 1.807) is 45.3 Å². The molecule has 16 heteroatoms. The van der Waals surface area contributed by atoms with Crippen LogP contribution >= 0.6 is 45.3 Å². The van der Waals surface area contributed by atoms with Gasteiger partial charge in [0.2, 0.25) is 11.9 Å². The fourth-order valence-electron chi connectivity index (χ4n) is 16.5. The lowest BCUT2D eigenvalue weighted by Gasteiger charge is -2.12. The van der Waals surface area contributed by atoms with Crippen molar-refractivity contribution in [1.29, 1.82) is 0 Å². The zero-order valence-electron chi connectivity index (χ0n) is 60.2.